The average Bonchev–Trinajstić information content (AvgIpc) is 2.83. The van der Waals surface area contributed by atoms with E-state index in [4.69, 9.17) is 0 Å². The molecule has 0 bridgehead atoms. The van der Waals surface area contributed by atoms with Crippen LogP contribution in [0.15, 0.2) is 24.4 Å². The van der Waals surface area contributed by atoms with Gasteiger partial charge >= 0.3 is 0 Å². The number of aromatic nitrogens is 3. The molecular weight excluding hydrogens is 240 g/mol. The van der Waals surface area contributed by atoms with Gasteiger partial charge in [-0.05, 0) is 32.0 Å². The average molecular weight is 258 g/mol. The highest BCUT2D eigenvalue weighted by atomic mass is 16.2. The Hall–Kier alpha value is -2.04. The Bertz CT molecular complexity index is 619. The van der Waals surface area contributed by atoms with Gasteiger partial charge in [-0.2, -0.15) is 5.10 Å². The van der Waals surface area contributed by atoms with Crippen LogP contribution < -0.4 is 0 Å². The Labute approximate surface area is 112 Å². The molecule has 0 aliphatic carbocycles. The third kappa shape index (κ3) is 1.95. The van der Waals surface area contributed by atoms with Crippen LogP contribution in [0.5, 0.6) is 0 Å². The molecular formula is C14H18N4O. The van der Waals surface area contributed by atoms with Crippen LogP contribution in [-0.4, -0.2) is 38.2 Å². The van der Waals surface area contributed by atoms with Gasteiger partial charge in [0.05, 0.1) is 11.7 Å². The van der Waals surface area contributed by atoms with Gasteiger partial charge in [-0.1, -0.05) is 0 Å². The molecule has 5 nitrogen and oxygen atoms in total. The zero-order chi connectivity index (χ0) is 13.6. The number of aryl methyl sites for hydroxylation is 3. The second-order valence-corrected chi connectivity index (χ2v) is 5.24. The van der Waals surface area contributed by atoms with Crippen molar-refractivity contribution in [3.63, 3.8) is 0 Å². The Kier molecular flexibility index (Phi) is 2.69. The molecule has 1 fully saturated rings. The summed E-state index contributed by atoms with van der Waals surface area (Å²) in [5.74, 6) is 0.102. The van der Waals surface area contributed by atoms with E-state index in [2.05, 4.69) is 18.1 Å². The highest BCUT2D eigenvalue weighted by Gasteiger charge is 2.34. The van der Waals surface area contributed by atoms with Gasteiger partial charge in [0, 0.05) is 32.0 Å². The highest BCUT2D eigenvalue weighted by molar-refractivity contribution is 5.93. The standard InChI is InChI=1S/C14H18N4O/c1-10-7-11(2)18(15-10)12-8-17(9-12)14(19)13-5-4-6-16(13)3/h4-7,12H,8-9H2,1-3H3. The lowest BCUT2D eigenvalue weighted by Crippen LogP contribution is -2.51. The van der Waals surface area contributed by atoms with E-state index in [1.54, 1.807) is 0 Å². The van der Waals surface area contributed by atoms with Gasteiger partial charge in [0.1, 0.15) is 5.69 Å². The van der Waals surface area contributed by atoms with Crippen LogP contribution in [0.25, 0.3) is 0 Å². The van der Waals surface area contributed by atoms with Gasteiger partial charge in [-0.15, -0.1) is 0 Å². The lowest BCUT2D eigenvalue weighted by atomic mass is 10.1. The number of hydrogen-bond donors (Lipinski definition) is 0. The van der Waals surface area contributed by atoms with E-state index < -0.39 is 0 Å². The van der Waals surface area contributed by atoms with Crippen LogP contribution in [0.4, 0.5) is 0 Å². The van der Waals surface area contributed by atoms with Gasteiger partial charge in [-0.25, -0.2) is 0 Å². The fourth-order valence-corrected chi connectivity index (χ4v) is 2.64. The summed E-state index contributed by atoms with van der Waals surface area (Å²) in [7, 11) is 1.89. The first-order valence-corrected chi connectivity index (χ1v) is 6.49. The molecule has 0 aromatic carbocycles. The lowest BCUT2D eigenvalue weighted by Gasteiger charge is -2.39. The molecule has 5 heteroatoms. The molecule has 0 saturated carbocycles. The molecule has 1 amide bonds. The highest BCUT2D eigenvalue weighted by Crippen LogP contribution is 2.24. The SMILES string of the molecule is Cc1cc(C)n(C2CN(C(=O)c3cccn3C)C2)n1. The zero-order valence-electron chi connectivity index (χ0n) is 11.5. The second kappa shape index (κ2) is 4.26. The molecule has 0 N–H and O–H groups in total. The van der Waals surface area contributed by atoms with Gasteiger partial charge < -0.3 is 9.47 Å². The fraction of sp³-hybridized carbons (Fsp3) is 0.429. The number of nitrogens with zero attached hydrogens (tertiary/aromatic N) is 4. The summed E-state index contributed by atoms with van der Waals surface area (Å²) in [6.45, 7) is 5.54. The third-order valence-electron chi connectivity index (χ3n) is 3.70. The molecule has 3 rings (SSSR count). The number of likely N-dealkylation sites (tertiary alicyclic amines) is 1. The smallest absolute Gasteiger partial charge is 0.270 e. The fourth-order valence-electron chi connectivity index (χ4n) is 2.64. The van der Waals surface area contributed by atoms with Gasteiger partial charge in [0.2, 0.25) is 0 Å². The molecule has 19 heavy (non-hydrogen) atoms. The first-order valence-electron chi connectivity index (χ1n) is 6.49. The van der Waals surface area contributed by atoms with Crippen LogP contribution in [0.2, 0.25) is 0 Å². The Morgan fingerprint density at radius 1 is 1.37 bits per heavy atom. The van der Waals surface area contributed by atoms with Crippen molar-refractivity contribution in [3.05, 3.63) is 41.5 Å². The van der Waals surface area contributed by atoms with Gasteiger partial charge in [0.25, 0.3) is 5.91 Å². The second-order valence-electron chi connectivity index (χ2n) is 5.24. The molecule has 2 aromatic heterocycles. The molecule has 1 aliphatic rings. The third-order valence-corrected chi connectivity index (χ3v) is 3.70. The summed E-state index contributed by atoms with van der Waals surface area (Å²) in [4.78, 5) is 14.1. The maximum atomic E-state index is 12.3. The van der Waals surface area contributed by atoms with Crippen molar-refractivity contribution in [2.75, 3.05) is 13.1 Å². The zero-order valence-corrected chi connectivity index (χ0v) is 11.5. The van der Waals surface area contributed by atoms with E-state index in [9.17, 15) is 4.79 Å². The molecule has 0 radical (unpaired) electrons. The molecule has 1 aliphatic heterocycles. The molecule has 1 saturated heterocycles. The normalized spacial score (nSPS) is 15.6. The summed E-state index contributed by atoms with van der Waals surface area (Å²) in [6.07, 6.45) is 1.89. The van der Waals surface area contributed by atoms with Crippen molar-refractivity contribution in [2.24, 2.45) is 7.05 Å². The Morgan fingerprint density at radius 2 is 2.11 bits per heavy atom. The van der Waals surface area contributed by atoms with Crippen molar-refractivity contribution in [1.29, 1.82) is 0 Å². The topological polar surface area (TPSA) is 43.1 Å². The summed E-state index contributed by atoms with van der Waals surface area (Å²) >= 11 is 0. The van der Waals surface area contributed by atoms with E-state index in [-0.39, 0.29) is 5.91 Å². The van der Waals surface area contributed by atoms with Crippen molar-refractivity contribution in [3.8, 4) is 0 Å². The number of carbonyl (C=O) groups excluding carboxylic acids is 1. The quantitative estimate of drug-likeness (QED) is 0.820. The molecule has 0 atom stereocenters. The van der Waals surface area contributed by atoms with Gasteiger partial charge in [0.15, 0.2) is 0 Å². The molecule has 3 heterocycles. The van der Waals surface area contributed by atoms with E-state index in [0.717, 1.165) is 30.2 Å². The van der Waals surface area contributed by atoms with E-state index in [1.807, 2.05) is 46.4 Å². The van der Waals surface area contributed by atoms with Crippen LogP contribution in [0, 0.1) is 13.8 Å². The monoisotopic (exact) mass is 258 g/mol. The Morgan fingerprint density at radius 3 is 2.63 bits per heavy atom. The van der Waals surface area contributed by atoms with Crippen LogP contribution >= 0.6 is 0 Å². The summed E-state index contributed by atoms with van der Waals surface area (Å²) in [6, 6.07) is 6.14. The van der Waals surface area contributed by atoms with Crippen LogP contribution in [0.1, 0.15) is 27.9 Å². The van der Waals surface area contributed by atoms with Crippen molar-refractivity contribution >= 4 is 5.91 Å². The largest absolute Gasteiger partial charge is 0.347 e. The minimum atomic E-state index is 0.102. The predicted molar refractivity (Wildman–Crippen MR) is 72.1 cm³/mol. The van der Waals surface area contributed by atoms with Crippen molar-refractivity contribution < 1.29 is 4.79 Å². The van der Waals surface area contributed by atoms with Crippen molar-refractivity contribution in [1.82, 2.24) is 19.2 Å². The minimum absolute atomic E-state index is 0.102. The minimum Gasteiger partial charge on any atom is -0.347 e. The first-order chi connectivity index (χ1) is 9.06. The van der Waals surface area contributed by atoms with E-state index in [1.165, 1.54) is 0 Å². The molecule has 0 unspecified atom stereocenters. The lowest BCUT2D eigenvalue weighted by molar-refractivity contribution is 0.0488. The molecule has 0 spiro atoms. The summed E-state index contributed by atoms with van der Waals surface area (Å²) < 4.78 is 3.89. The summed E-state index contributed by atoms with van der Waals surface area (Å²) in [5, 5.41) is 4.48. The van der Waals surface area contributed by atoms with E-state index >= 15 is 0 Å². The maximum Gasteiger partial charge on any atom is 0.270 e. The number of carbonyl (C=O) groups is 1. The maximum absolute atomic E-state index is 12.3. The molecule has 2 aromatic rings. The summed E-state index contributed by atoms with van der Waals surface area (Å²) in [5.41, 5.74) is 2.94. The van der Waals surface area contributed by atoms with Crippen molar-refractivity contribution in [2.45, 2.75) is 19.9 Å². The first kappa shape index (κ1) is 12.0. The van der Waals surface area contributed by atoms with Crippen LogP contribution in [-0.2, 0) is 7.05 Å². The predicted octanol–water partition coefficient (Wildman–Crippen LogP) is 1.54. The van der Waals surface area contributed by atoms with Crippen LogP contribution in [0.3, 0.4) is 0 Å². The van der Waals surface area contributed by atoms with E-state index in [0.29, 0.717) is 6.04 Å². The number of hydrogen-bond acceptors (Lipinski definition) is 2. The van der Waals surface area contributed by atoms with Gasteiger partial charge in [-0.3, -0.25) is 9.48 Å². The number of rotatable bonds is 2. The Balaban J connectivity index is 1.69. The number of amides is 1. The molecule has 100 valence electrons.